The topological polar surface area (TPSA) is 64.4 Å². The highest BCUT2D eigenvalue weighted by molar-refractivity contribution is 5.94. The molecule has 1 aliphatic carbocycles. The number of carbonyl (C=O) groups is 2. The van der Waals surface area contributed by atoms with Crippen molar-refractivity contribution in [2.75, 3.05) is 13.7 Å². The van der Waals surface area contributed by atoms with Crippen LogP contribution in [0.5, 0.6) is 0 Å². The van der Waals surface area contributed by atoms with Crippen molar-refractivity contribution >= 4 is 12.2 Å². The molecule has 1 unspecified atom stereocenters. The van der Waals surface area contributed by atoms with E-state index in [0.29, 0.717) is 24.6 Å². The molecule has 0 spiro atoms. The molecule has 0 saturated heterocycles. The Morgan fingerprint density at radius 2 is 2.09 bits per heavy atom. The Bertz CT molecular complexity index is 950. The Morgan fingerprint density at radius 1 is 1.33 bits per heavy atom. The minimum Gasteiger partial charge on any atom is -0.492 e. The van der Waals surface area contributed by atoms with Gasteiger partial charge in [0, 0.05) is 31.6 Å². The van der Waals surface area contributed by atoms with E-state index in [0.717, 1.165) is 55.8 Å². The first kappa shape index (κ1) is 26.1. The molecular weight excluding hydrogens is 414 g/mol. The quantitative estimate of drug-likeness (QED) is 0.259. The summed E-state index contributed by atoms with van der Waals surface area (Å²) in [5.41, 5.74) is 3.86. The number of aryl methyl sites for hydroxylation is 1. The van der Waals surface area contributed by atoms with E-state index in [-0.39, 0.29) is 5.78 Å². The maximum Gasteiger partial charge on any atom is 0.213 e. The number of hydrogen-bond acceptors (Lipinski definition) is 4. The standard InChI is InChI=1S/C16H20N2O.C11H17NO2/c1-4-7-12(8-5-2)13-9-10-18-15(13)11-14(17-18)16(19)6-3;1-3-8-14-11-7-5-4-6-10(11)12(2)9-13/h4-5,7-8,11,13H,1,6,9-10H2,2-3H3;6-7,9H,3-5,8H2,1-2H3/b8-5-,12-7+;. The second-order valence-electron chi connectivity index (χ2n) is 8.00. The lowest BCUT2D eigenvalue weighted by molar-refractivity contribution is -0.115. The second kappa shape index (κ2) is 13.4. The van der Waals surface area contributed by atoms with Gasteiger partial charge in [-0.15, -0.1) is 0 Å². The van der Waals surface area contributed by atoms with Crippen molar-refractivity contribution in [1.82, 2.24) is 14.7 Å². The first-order chi connectivity index (χ1) is 16.0. The van der Waals surface area contributed by atoms with Gasteiger partial charge in [-0.1, -0.05) is 50.8 Å². The predicted molar refractivity (Wildman–Crippen MR) is 133 cm³/mol. The van der Waals surface area contributed by atoms with E-state index in [1.54, 1.807) is 11.9 Å². The minimum absolute atomic E-state index is 0.112. The molecule has 2 aliphatic rings. The number of ether oxygens (including phenoxy) is 1. The Balaban J connectivity index is 0.000000245. The number of ketones is 1. The molecule has 0 fully saturated rings. The number of carbonyl (C=O) groups excluding carboxylic acids is 2. The summed E-state index contributed by atoms with van der Waals surface area (Å²) in [4.78, 5) is 23.9. The first-order valence-electron chi connectivity index (χ1n) is 11.8. The van der Waals surface area contributed by atoms with Gasteiger partial charge in [0.1, 0.15) is 11.5 Å². The molecule has 6 nitrogen and oxygen atoms in total. The molecule has 0 aromatic carbocycles. The summed E-state index contributed by atoms with van der Waals surface area (Å²) < 4.78 is 7.53. The van der Waals surface area contributed by atoms with Gasteiger partial charge in [0.2, 0.25) is 6.41 Å². The largest absolute Gasteiger partial charge is 0.492 e. The summed E-state index contributed by atoms with van der Waals surface area (Å²) in [5, 5.41) is 4.40. The molecule has 1 aromatic heterocycles. The zero-order chi connectivity index (χ0) is 24.2. The van der Waals surface area contributed by atoms with Gasteiger partial charge < -0.3 is 9.64 Å². The third kappa shape index (κ3) is 6.91. The van der Waals surface area contributed by atoms with Gasteiger partial charge >= 0.3 is 0 Å². The molecule has 3 rings (SSSR count). The molecule has 2 heterocycles. The number of amides is 1. The van der Waals surface area contributed by atoms with Gasteiger partial charge in [-0.25, -0.2) is 0 Å². The molecule has 1 aromatic rings. The lowest BCUT2D eigenvalue weighted by atomic mass is 9.93. The first-order valence-corrected chi connectivity index (χ1v) is 11.8. The van der Waals surface area contributed by atoms with Crippen molar-refractivity contribution in [3.8, 4) is 0 Å². The van der Waals surface area contributed by atoms with Crippen LogP contribution in [0.1, 0.15) is 75.0 Å². The van der Waals surface area contributed by atoms with E-state index >= 15 is 0 Å². The summed E-state index contributed by atoms with van der Waals surface area (Å²) in [7, 11) is 1.74. The van der Waals surface area contributed by atoms with E-state index in [1.165, 1.54) is 5.57 Å². The Kier molecular flexibility index (Phi) is 10.6. The molecule has 178 valence electrons. The van der Waals surface area contributed by atoms with Crippen molar-refractivity contribution < 1.29 is 14.3 Å². The molecule has 1 amide bonds. The second-order valence-corrected chi connectivity index (χ2v) is 8.00. The number of allylic oxidation sites excluding steroid dienone is 7. The number of nitrogens with zero attached hydrogens (tertiary/aromatic N) is 3. The molecule has 6 heteroatoms. The van der Waals surface area contributed by atoms with Crippen molar-refractivity contribution in [2.45, 2.75) is 65.3 Å². The molecule has 33 heavy (non-hydrogen) atoms. The van der Waals surface area contributed by atoms with Crippen LogP contribution in [-0.4, -0.2) is 40.5 Å². The van der Waals surface area contributed by atoms with Crippen LogP contribution in [0.3, 0.4) is 0 Å². The van der Waals surface area contributed by atoms with Crippen molar-refractivity contribution in [2.24, 2.45) is 0 Å². The fraction of sp³-hybridized carbons (Fsp3) is 0.444. The van der Waals surface area contributed by atoms with Crippen LogP contribution in [0.15, 0.2) is 66.1 Å². The summed E-state index contributed by atoms with van der Waals surface area (Å²) >= 11 is 0. The highest BCUT2D eigenvalue weighted by Crippen LogP contribution is 2.35. The molecular formula is C27H37N3O3. The fourth-order valence-corrected chi connectivity index (χ4v) is 3.92. The van der Waals surface area contributed by atoms with Gasteiger partial charge in [-0.05, 0) is 50.3 Å². The van der Waals surface area contributed by atoms with Crippen LogP contribution in [0, 0.1) is 0 Å². The Labute approximate surface area is 198 Å². The number of hydrogen-bond donors (Lipinski definition) is 0. The molecule has 0 N–H and O–H groups in total. The van der Waals surface area contributed by atoms with Crippen LogP contribution in [0.4, 0.5) is 0 Å². The zero-order valence-electron chi connectivity index (χ0n) is 20.4. The Hall–Kier alpha value is -3.15. The molecule has 0 saturated carbocycles. The van der Waals surface area contributed by atoms with Crippen LogP contribution in [0.2, 0.25) is 0 Å². The maximum absolute atomic E-state index is 11.7. The van der Waals surface area contributed by atoms with Crippen molar-refractivity contribution in [3.05, 3.63) is 77.5 Å². The summed E-state index contributed by atoms with van der Waals surface area (Å²) in [6.07, 6.45) is 17.4. The van der Waals surface area contributed by atoms with Gasteiger partial charge in [0.05, 0.1) is 12.3 Å². The highest BCUT2D eigenvalue weighted by Gasteiger charge is 2.27. The molecule has 1 aliphatic heterocycles. The highest BCUT2D eigenvalue weighted by atomic mass is 16.5. The van der Waals surface area contributed by atoms with E-state index in [4.69, 9.17) is 4.74 Å². The number of Topliss-reactive ketones (excluding diaryl/α,β-unsaturated/α-hetero) is 1. The summed E-state index contributed by atoms with van der Waals surface area (Å²) in [5.74, 6) is 1.27. The molecule has 1 atom stereocenters. The fourth-order valence-electron chi connectivity index (χ4n) is 3.92. The number of likely N-dealkylation sites (N-methyl/N-ethyl adjacent to an activating group) is 1. The lowest BCUT2D eigenvalue weighted by Crippen LogP contribution is -2.19. The molecule has 0 bridgehead atoms. The van der Waals surface area contributed by atoms with Crippen LogP contribution < -0.4 is 0 Å². The number of rotatable bonds is 10. The van der Waals surface area contributed by atoms with Crippen LogP contribution >= 0.6 is 0 Å². The third-order valence-electron chi connectivity index (χ3n) is 5.56. The van der Waals surface area contributed by atoms with Crippen molar-refractivity contribution in [3.63, 3.8) is 0 Å². The van der Waals surface area contributed by atoms with Crippen molar-refractivity contribution in [1.29, 1.82) is 0 Å². The van der Waals surface area contributed by atoms with E-state index < -0.39 is 0 Å². The maximum atomic E-state index is 11.7. The smallest absolute Gasteiger partial charge is 0.213 e. The zero-order valence-corrected chi connectivity index (χ0v) is 20.4. The number of fused-ring (bicyclic) bond motifs is 1. The monoisotopic (exact) mass is 451 g/mol. The number of aromatic nitrogens is 2. The SMILES string of the molecule is C=C/C=C(\C=C/C)C1CCn2nc(C(=O)CC)cc21.CCCOC1=CCCC=C1N(C)C=O. The van der Waals surface area contributed by atoms with Crippen LogP contribution in [-0.2, 0) is 16.1 Å². The summed E-state index contributed by atoms with van der Waals surface area (Å²) in [6, 6.07) is 1.95. The lowest BCUT2D eigenvalue weighted by Gasteiger charge is -2.21. The average Bonchev–Trinajstić information content (AvgIpc) is 3.43. The molecule has 0 radical (unpaired) electrons. The van der Waals surface area contributed by atoms with Gasteiger partial charge in [0.15, 0.2) is 5.78 Å². The average molecular weight is 452 g/mol. The van der Waals surface area contributed by atoms with Gasteiger partial charge in [0.25, 0.3) is 0 Å². The third-order valence-corrected chi connectivity index (χ3v) is 5.56. The normalized spacial score (nSPS) is 17.5. The van der Waals surface area contributed by atoms with Gasteiger partial charge in [-0.3, -0.25) is 14.3 Å². The van der Waals surface area contributed by atoms with Crippen LogP contribution in [0.25, 0.3) is 0 Å². The minimum atomic E-state index is 0.112. The predicted octanol–water partition coefficient (Wildman–Crippen LogP) is 5.71. The van der Waals surface area contributed by atoms with E-state index in [9.17, 15) is 9.59 Å². The summed E-state index contributed by atoms with van der Waals surface area (Å²) in [6.45, 7) is 11.3. The van der Waals surface area contributed by atoms with E-state index in [1.807, 2.05) is 55.0 Å². The van der Waals surface area contributed by atoms with Gasteiger partial charge in [-0.2, -0.15) is 5.10 Å². The van der Waals surface area contributed by atoms with E-state index in [2.05, 4.69) is 24.7 Å². The Morgan fingerprint density at radius 3 is 2.73 bits per heavy atom.